The van der Waals surface area contributed by atoms with Crippen LogP contribution in [-0.4, -0.2) is 193 Å². The Morgan fingerprint density at radius 2 is 0.885 bits per heavy atom. The first-order chi connectivity index (χ1) is 37.8. The number of rotatable bonds is 39. The molecule has 78 heavy (non-hydrogen) atoms. The van der Waals surface area contributed by atoms with Crippen molar-refractivity contribution in [2.24, 2.45) is 0 Å². The van der Waals surface area contributed by atoms with Gasteiger partial charge in [0.2, 0.25) is 5.91 Å². The highest BCUT2D eigenvalue weighted by Crippen LogP contribution is 2.33. The van der Waals surface area contributed by atoms with Gasteiger partial charge in [0.1, 0.15) is 73.2 Å². The molecule has 446 valence electrons. The largest absolute Gasteiger partial charge is 0.394 e. The van der Waals surface area contributed by atoms with Crippen LogP contribution in [0.15, 0.2) is 97.2 Å². The van der Waals surface area contributed by atoms with Gasteiger partial charge in [-0.05, 0) is 70.6 Å². The summed E-state index contributed by atoms with van der Waals surface area (Å²) in [4.78, 5) is 13.3. The summed E-state index contributed by atoms with van der Waals surface area (Å²) < 4.78 is 34.1. The fraction of sp³-hybridized carbons (Fsp3) is 0.712. The number of hydrogen-bond donors (Lipinski definition) is 12. The molecule has 0 radical (unpaired) electrons. The van der Waals surface area contributed by atoms with Gasteiger partial charge in [-0.3, -0.25) is 4.79 Å². The number of aliphatic hydroxyl groups is 11. The number of amides is 1. The van der Waals surface area contributed by atoms with Crippen molar-refractivity contribution < 1.29 is 89.4 Å². The monoisotopic (exact) mass is 1110 g/mol. The minimum absolute atomic E-state index is 0.157. The van der Waals surface area contributed by atoms with E-state index in [-0.39, 0.29) is 18.9 Å². The lowest BCUT2D eigenvalue weighted by molar-refractivity contribution is -0.379. The van der Waals surface area contributed by atoms with Crippen molar-refractivity contribution in [3.05, 3.63) is 97.2 Å². The Morgan fingerprint density at radius 1 is 0.474 bits per heavy atom. The minimum Gasteiger partial charge on any atom is -0.394 e. The fourth-order valence-corrected chi connectivity index (χ4v) is 8.94. The minimum atomic E-state index is -1.99. The van der Waals surface area contributed by atoms with Crippen molar-refractivity contribution in [3.8, 4) is 0 Å². The maximum atomic E-state index is 13.3. The Kier molecular flexibility index (Phi) is 36.8. The summed E-state index contributed by atoms with van der Waals surface area (Å²) >= 11 is 0. The molecular formula is C59H97NO18. The molecule has 0 bridgehead atoms. The van der Waals surface area contributed by atoms with Crippen molar-refractivity contribution in [1.29, 1.82) is 0 Å². The van der Waals surface area contributed by atoms with Crippen molar-refractivity contribution >= 4 is 5.91 Å². The number of aliphatic hydroxyl groups excluding tert-OH is 11. The van der Waals surface area contributed by atoms with Crippen molar-refractivity contribution in [3.63, 3.8) is 0 Å². The van der Waals surface area contributed by atoms with E-state index in [0.717, 1.165) is 70.6 Å². The summed E-state index contributed by atoms with van der Waals surface area (Å²) in [5.74, 6) is -0.341. The first-order valence-electron chi connectivity index (χ1n) is 28.5. The van der Waals surface area contributed by atoms with Gasteiger partial charge in [0.05, 0.1) is 38.6 Å². The van der Waals surface area contributed by atoms with Crippen LogP contribution in [0.25, 0.3) is 0 Å². The molecule has 0 aromatic heterocycles. The smallest absolute Gasteiger partial charge is 0.220 e. The number of hydrogen-bond acceptors (Lipinski definition) is 18. The number of nitrogens with one attached hydrogen (secondary N) is 1. The SMILES string of the molecule is CC/C=C\C/C=C\C/C=C\C/C=C\C/C=C\C/C=C\C/C=C\CCCC(=O)NC(COC1OC(CO)C(OC2OC(CO)C(OC3OC(CO)C(O)C(O)C3O)C(O)C2O)C(O)C1O)C(O)/C=C/CCCCCCCCCC. The highest BCUT2D eigenvalue weighted by Gasteiger charge is 2.53. The second kappa shape index (κ2) is 41.7. The quantitative estimate of drug-likeness (QED) is 0.0303. The highest BCUT2D eigenvalue weighted by molar-refractivity contribution is 5.76. The Labute approximate surface area is 463 Å². The molecule has 1 amide bonds. The Balaban J connectivity index is 1.51. The van der Waals surface area contributed by atoms with Crippen LogP contribution in [0.5, 0.6) is 0 Å². The third-order valence-corrected chi connectivity index (χ3v) is 13.6. The number of ether oxygens (including phenoxy) is 6. The second-order valence-electron chi connectivity index (χ2n) is 20.0. The van der Waals surface area contributed by atoms with Crippen LogP contribution in [0, 0.1) is 0 Å². The van der Waals surface area contributed by atoms with Gasteiger partial charge in [-0.2, -0.15) is 0 Å². The van der Waals surface area contributed by atoms with Gasteiger partial charge in [0, 0.05) is 6.42 Å². The third kappa shape index (κ3) is 25.7. The topological polar surface area (TPSA) is 307 Å². The predicted octanol–water partition coefficient (Wildman–Crippen LogP) is 4.20. The maximum absolute atomic E-state index is 13.3. The molecule has 0 aliphatic carbocycles. The third-order valence-electron chi connectivity index (χ3n) is 13.6. The Bertz CT molecular complexity index is 1800. The highest BCUT2D eigenvalue weighted by atomic mass is 16.8. The van der Waals surface area contributed by atoms with Crippen molar-refractivity contribution in [2.75, 3.05) is 26.4 Å². The molecule has 17 atom stereocenters. The molecule has 3 heterocycles. The Hall–Kier alpha value is -3.29. The maximum Gasteiger partial charge on any atom is 0.220 e. The molecule has 17 unspecified atom stereocenters. The first kappa shape index (κ1) is 69.0. The van der Waals surface area contributed by atoms with Gasteiger partial charge in [0.25, 0.3) is 0 Å². The van der Waals surface area contributed by atoms with E-state index in [9.17, 15) is 61.0 Å². The van der Waals surface area contributed by atoms with Gasteiger partial charge < -0.3 is 89.9 Å². The lowest BCUT2D eigenvalue weighted by Crippen LogP contribution is -2.66. The van der Waals surface area contributed by atoms with Crippen LogP contribution in [-0.2, 0) is 33.2 Å². The summed E-state index contributed by atoms with van der Waals surface area (Å²) in [5, 5.41) is 120. The molecule has 0 saturated carbocycles. The molecule has 0 aromatic carbocycles. The molecule has 0 aromatic rings. The number of allylic oxidation sites excluding steroid dienone is 15. The van der Waals surface area contributed by atoms with Crippen LogP contribution in [0.4, 0.5) is 0 Å². The Morgan fingerprint density at radius 3 is 1.37 bits per heavy atom. The molecule has 3 aliphatic heterocycles. The van der Waals surface area contributed by atoms with Gasteiger partial charge in [-0.15, -0.1) is 0 Å². The molecule has 3 saturated heterocycles. The number of unbranched alkanes of at least 4 members (excludes halogenated alkanes) is 9. The van der Waals surface area contributed by atoms with Gasteiger partial charge in [0.15, 0.2) is 18.9 Å². The van der Waals surface area contributed by atoms with Gasteiger partial charge in [-0.1, -0.05) is 156 Å². The van der Waals surface area contributed by atoms with Crippen molar-refractivity contribution in [2.45, 2.75) is 240 Å². The van der Waals surface area contributed by atoms with Crippen molar-refractivity contribution in [1.82, 2.24) is 5.32 Å². The van der Waals surface area contributed by atoms with Crippen LogP contribution in [0.2, 0.25) is 0 Å². The van der Waals surface area contributed by atoms with E-state index in [1.807, 2.05) is 18.2 Å². The van der Waals surface area contributed by atoms with Crippen LogP contribution < -0.4 is 5.32 Å². The summed E-state index contributed by atoms with van der Waals surface area (Å²) in [7, 11) is 0. The zero-order valence-corrected chi connectivity index (χ0v) is 46.1. The summed E-state index contributed by atoms with van der Waals surface area (Å²) in [6.07, 6.45) is 24.1. The van der Waals surface area contributed by atoms with Gasteiger partial charge >= 0.3 is 0 Å². The lowest BCUT2D eigenvalue weighted by Gasteiger charge is -2.48. The molecule has 19 heteroatoms. The van der Waals surface area contributed by atoms with Gasteiger partial charge in [-0.25, -0.2) is 0 Å². The predicted molar refractivity (Wildman–Crippen MR) is 295 cm³/mol. The average Bonchev–Trinajstić information content (AvgIpc) is 3.49. The van der Waals surface area contributed by atoms with E-state index >= 15 is 0 Å². The van der Waals surface area contributed by atoms with Crippen LogP contribution >= 0.6 is 0 Å². The zero-order chi connectivity index (χ0) is 56.9. The molecule has 12 N–H and O–H groups in total. The van der Waals surface area contributed by atoms with E-state index < -0.39 is 124 Å². The second-order valence-corrected chi connectivity index (χ2v) is 20.0. The first-order valence-corrected chi connectivity index (χ1v) is 28.5. The summed E-state index contributed by atoms with van der Waals surface area (Å²) in [5.41, 5.74) is 0. The van der Waals surface area contributed by atoms with Crippen LogP contribution in [0.3, 0.4) is 0 Å². The van der Waals surface area contributed by atoms with E-state index in [0.29, 0.717) is 12.8 Å². The average molecular weight is 1110 g/mol. The van der Waals surface area contributed by atoms with E-state index in [2.05, 4.69) is 92.1 Å². The zero-order valence-electron chi connectivity index (χ0n) is 46.1. The van der Waals surface area contributed by atoms with E-state index in [1.54, 1.807) is 6.08 Å². The molecule has 3 aliphatic rings. The summed E-state index contributed by atoms with van der Waals surface area (Å²) in [6, 6.07) is -1.01. The lowest BCUT2D eigenvalue weighted by atomic mass is 9.96. The number of carbonyl (C=O) groups excluding carboxylic acids is 1. The molecule has 3 fully saturated rings. The van der Waals surface area contributed by atoms with Crippen LogP contribution in [0.1, 0.15) is 136 Å². The normalized spacial score (nSPS) is 31.2. The molecule has 19 nitrogen and oxygen atoms in total. The van der Waals surface area contributed by atoms with E-state index in [4.69, 9.17) is 28.4 Å². The molecule has 3 rings (SSSR count). The molecular weight excluding hydrogens is 1010 g/mol. The molecule has 0 spiro atoms. The standard InChI is InChI=1S/C59H97NO18/c1-3-5-7-9-11-13-15-16-17-18-19-20-21-22-23-24-25-26-27-29-31-33-35-37-47(65)60-42(43(64)36-34-32-30-28-14-12-10-8-6-4-2)41-73-57-53(71)50(68)55(45(39-62)75-57)78-59-54(72)51(69)56(46(40-63)76-59)77-58-52(70)49(67)48(66)44(38-61)74-58/h5,7,11,13,16-17,19-20,22-23,25-26,29,31,34,36,42-46,48-59,61-64,66-72H,3-4,6,8-10,12,14-15,18,21,24,27-28,30,32-33,35,37-41H2,1-2H3,(H,60,65)/b7-5-,13-11-,17-16-,20-19-,23-22-,26-25-,31-29-,36-34+. The fourth-order valence-electron chi connectivity index (χ4n) is 8.94. The van der Waals surface area contributed by atoms with E-state index in [1.165, 1.54) is 32.1 Å². The summed E-state index contributed by atoms with van der Waals surface area (Å²) in [6.45, 7) is 1.49. The number of carbonyl (C=O) groups is 1.